The molecule has 1 heterocycles. The van der Waals surface area contributed by atoms with E-state index in [4.69, 9.17) is 12.2 Å². The molecule has 0 aromatic heterocycles. The van der Waals surface area contributed by atoms with Gasteiger partial charge in [-0.1, -0.05) is 12.1 Å². The summed E-state index contributed by atoms with van der Waals surface area (Å²) in [5.41, 5.74) is 1.59. The molecule has 3 rings (SSSR count). The molecule has 136 valence electrons. The maximum Gasteiger partial charge on any atom is 0.258 e. The van der Waals surface area contributed by atoms with Gasteiger partial charge in [-0.3, -0.25) is 10.1 Å². The fourth-order valence-electron chi connectivity index (χ4n) is 2.95. The monoisotopic (exact) mass is 435 g/mol. The van der Waals surface area contributed by atoms with Gasteiger partial charge in [-0.05, 0) is 77.7 Å². The van der Waals surface area contributed by atoms with Crippen LogP contribution < -0.4 is 15.5 Å². The standard InChI is InChI=1S/C19H19BrFN3OS/c20-15-7-3-2-6-14(15)18(25)23-19(26)22-13-8-9-17(16(21)12-13)24-10-4-1-5-11-24/h2-3,6-9,12H,1,4-5,10-11H2,(H2,22,23,25,26). The Balaban J connectivity index is 1.63. The third kappa shape index (κ3) is 4.59. The second-order valence-electron chi connectivity index (χ2n) is 6.10. The third-order valence-corrected chi connectivity index (χ3v) is 5.14. The largest absolute Gasteiger partial charge is 0.369 e. The molecule has 0 radical (unpaired) electrons. The van der Waals surface area contributed by atoms with Gasteiger partial charge in [0.15, 0.2) is 5.11 Å². The minimum atomic E-state index is -0.333. The molecule has 1 saturated heterocycles. The average Bonchev–Trinajstić information content (AvgIpc) is 2.62. The Labute approximate surface area is 165 Å². The number of hydrogen-bond acceptors (Lipinski definition) is 3. The number of halogens is 2. The van der Waals surface area contributed by atoms with Crippen molar-refractivity contribution >= 4 is 50.5 Å². The first kappa shape index (κ1) is 18.8. The highest BCUT2D eigenvalue weighted by Crippen LogP contribution is 2.25. The highest BCUT2D eigenvalue weighted by Gasteiger charge is 2.16. The Kier molecular flexibility index (Phi) is 6.21. The molecule has 1 aliphatic rings. The first-order valence-corrected chi connectivity index (χ1v) is 9.66. The van der Waals surface area contributed by atoms with Crippen molar-refractivity contribution in [2.45, 2.75) is 19.3 Å². The number of nitrogens with zero attached hydrogens (tertiary/aromatic N) is 1. The van der Waals surface area contributed by atoms with Gasteiger partial charge in [0, 0.05) is 23.2 Å². The van der Waals surface area contributed by atoms with Gasteiger partial charge in [0.25, 0.3) is 5.91 Å². The highest BCUT2D eigenvalue weighted by molar-refractivity contribution is 9.10. The SMILES string of the molecule is O=C(NC(=S)Nc1ccc(N2CCCCC2)c(F)c1)c1ccccc1Br. The van der Waals surface area contributed by atoms with E-state index in [0.29, 0.717) is 21.4 Å². The lowest BCUT2D eigenvalue weighted by Crippen LogP contribution is -2.34. The smallest absolute Gasteiger partial charge is 0.258 e. The number of rotatable bonds is 3. The molecular formula is C19H19BrFN3OS. The number of carbonyl (C=O) groups excluding carboxylic acids is 1. The number of piperidine rings is 1. The van der Waals surface area contributed by atoms with E-state index in [9.17, 15) is 9.18 Å². The van der Waals surface area contributed by atoms with E-state index in [0.717, 1.165) is 25.9 Å². The normalized spacial score (nSPS) is 14.0. The molecule has 0 bridgehead atoms. The van der Waals surface area contributed by atoms with Crippen molar-refractivity contribution in [3.05, 3.63) is 58.3 Å². The van der Waals surface area contributed by atoms with Crippen molar-refractivity contribution < 1.29 is 9.18 Å². The number of carbonyl (C=O) groups is 1. The number of thiocarbonyl (C=S) groups is 1. The van der Waals surface area contributed by atoms with Gasteiger partial charge in [0.2, 0.25) is 0 Å². The van der Waals surface area contributed by atoms with E-state index in [-0.39, 0.29) is 16.8 Å². The fraction of sp³-hybridized carbons (Fsp3) is 0.263. The molecule has 0 unspecified atom stereocenters. The van der Waals surface area contributed by atoms with Crippen molar-refractivity contribution in [2.75, 3.05) is 23.3 Å². The van der Waals surface area contributed by atoms with E-state index in [1.165, 1.54) is 12.5 Å². The van der Waals surface area contributed by atoms with E-state index >= 15 is 0 Å². The summed E-state index contributed by atoms with van der Waals surface area (Å²) in [6.07, 6.45) is 3.37. The van der Waals surface area contributed by atoms with Gasteiger partial charge in [-0.2, -0.15) is 0 Å². The molecule has 2 aromatic carbocycles. The molecule has 2 aromatic rings. The molecule has 0 spiro atoms. The lowest BCUT2D eigenvalue weighted by molar-refractivity contribution is 0.0977. The molecular weight excluding hydrogens is 417 g/mol. The summed E-state index contributed by atoms with van der Waals surface area (Å²) in [6.45, 7) is 1.76. The minimum Gasteiger partial charge on any atom is -0.369 e. The van der Waals surface area contributed by atoms with Gasteiger partial charge >= 0.3 is 0 Å². The van der Waals surface area contributed by atoms with Crippen molar-refractivity contribution in [2.24, 2.45) is 0 Å². The molecule has 0 saturated carbocycles. The van der Waals surface area contributed by atoms with Gasteiger partial charge in [-0.15, -0.1) is 0 Å². The molecule has 26 heavy (non-hydrogen) atoms. The van der Waals surface area contributed by atoms with Crippen molar-refractivity contribution in [1.82, 2.24) is 5.32 Å². The second-order valence-corrected chi connectivity index (χ2v) is 7.36. The number of benzene rings is 2. The molecule has 0 aliphatic carbocycles. The van der Waals surface area contributed by atoms with E-state index in [1.54, 1.807) is 30.3 Å². The highest BCUT2D eigenvalue weighted by atomic mass is 79.9. The predicted molar refractivity (Wildman–Crippen MR) is 110 cm³/mol. The van der Waals surface area contributed by atoms with Gasteiger partial charge in [-0.25, -0.2) is 4.39 Å². The Hall–Kier alpha value is -1.99. The summed E-state index contributed by atoms with van der Waals surface area (Å²) < 4.78 is 15.1. The number of amides is 1. The van der Waals surface area contributed by atoms with Crippen LogP contribution >= 0.6 is 28.1 Å². The minimum absolute atomic E-state index is 0.121. The van der Waals surface area contributed by atoms with Gasteiger partial charge in [0.05, 0.1) is 11.3 Å². The van der Waals surface area contributed by atoms with E-state index < -0.39 is 0 Å². The van der Waals surface area contributed by atoms with E-state index in [2.05, 4.69) is 31.5 Å². The summed E-state index contributed by atoms with van der Waals surface area (Å²) in [6, 6.07) is 12.0. The fourth-order valence-corrected chi connectivity index (χ4v) is 3.63. The van der Waals surface area contributed by atoms with Gasteiger partial charge in [0.1, 0.15) is 5.82 Å². The average molecular weight is 436 g/mol. The van der Waals surface area contributed by atoms with E-state index in [1.807, 2.05) is 6.07 Å². The van der Waals surface area contributed by atoms with Crippen LogP contribution in [0.25, 0.3) is 0 Å². The molecule has 1 amide bonds. The van der Waals surface area contributed by atoms with Crippen LogP contribution in [0.1, 0.15) is 29.6 Å². The maximum absolute atomic E-state index is 14.4. The molecule has 0 atom stereocenters. The van der Waals surface area contributed by atoms with Crippen molar-refractivity contribution in [1.29, 1.82) is 0 Å². The van der Waals surface area contributed by atoms with Crippen LogP contribution in [-0.4, -0.2) is 24.1 Å². The summed E-state index contributed by atoms with van der Waals surface area (Å²) in [5.74, 6) is -0.628. The lowest BCUT2D eigenvalue weighted by Gasteiger charge is -2.29. The second kappa shape index (κ2) is 8.60. The molecule has 4 nitrogen and oxygen atoms in total. The topological polar surface area (TPSA) is 44.4 Å². The van der Waals surface area contributed by atoms with Crippen LogP contribution in [0.5, 0.6) is 0 Å². The van der Waals surface area contributed by atoms with Crippen LogP contribution in [-0.2, 0) is 0 Å². The number of hydrogen-bond donors (Lipinski definition) is 2. The van der Waals surface area contributed by atoms with Crippen LogP contribution in [0.15, 0.2) is 46.9 Å². The van der Waals surface area contributed by atoms with Crippen LogP contribution in [0.4, 0.5) is 15.8 Å². The van der Waals surface area contributed by atoms with Crippen molar-refractivity contribution in [3.8, 4) is 0 Å². The van der Waals surface area contributed by atoms with Crippen LogP contribution in [0.2, 0.25) is 0 Å². The zero-order chi connectivity index (χ0) is 18.5. The quantitative estimate of drug-likeness (QED) is 0.685. The zero-order valence-corrected chi connectivity index (χ0v) is 16.5. The zero-order valence-electron chi connectivity index (χ0n) is 14.1. The van der Waals surface area contributed by atoms with Crippen LogP contribution in [0, 0.1) is 5.82 Å². The van der Waals surface area contributed by atoms with Gasteiger partial charge < -0.3 is 10.2 Å². The Morgan fingerprint density at radius 2 is 1.85 bits per heavy atom. The summed E-state index contributed by atoms with van der Waals surface area (Å²) in [5, 5.41) is 5.58. The number of nitrogens with one attached hydrogen (secondary N) is 2. The first-order valence-electron chi connectivity index (χ1n) is 8.46. The third-order valence-electron chi connectivity index (χ3n) is 4.25. The summed E-state index contributed by atoms with van der Waals surface area (Å²) in [7, 11) is 0. The molecule has 7 heteroatoms. The molecule has 1 fully saturated rings. The predicted octanol–water partition coefficient (Wildman–Crippen LogP) is 4.71. The molecule has 1 aliphatic heterocycles. The lowest BCUT2D eigenvalue weighted by atomic mass is 10.1. The summed E-state index contributed by atoms with van der Waals surface area (Å²) >= 11 is 8.50. The van der Waals surface area contributed by atoms with Crippen molar-refractivity contribution in [3.63, 3.8) is 0 Å². The maximum atomic E-state index is 14.4. The first-order chi connectivity index (χ1) is 12.5. The number of anilines is 2. The Morgan fingerprint density at radius 3 is 2.54 bits per heavy atom. The van der Waals surface area contributed by atoms with Crippen LogP contribution in [0.3, 0.4) is 0 Å². The Bertz CT molecular complexity index is 824. The Morgan fingerprint density at radius 1 is 1.12 bits per heavy atom. The summed E-state index contributed by atoms with van der Waals surface area (Å²) in [4.78, 5) is 14.3. The molecule has 2 N–H and O–H groups in total.